The van der Waals surface area contributed by atoms with Crippen molar-refractivity contribution in [3.63, 3.8) is 0 Å². The molecule has 1 heteroatoms. The minimum atomic E-state index is 0.147. The minimum Gasteiger partial charge on any atom is -0.375 e. The van der Waals surface area contributed by atoms with Gasteiger partial charge in [0.1, 0.15) is 0 Å². The van der Waals surface area contributed by atoms with Crippen LogP contribution in [0.25, 0.3) is 0 Å². The highest BCUT2D eigenvalue weighted by Gasteiger charge is 2.34. The lowest BCUT2D eigenvalue weighted by Crippen LogP contribution is -2.38. The lowest BCUT2D eigenvalue weighted by molar-refractivity contribution is -0.0827. The maximum atomic E-state index is 5.78. The van der Waals surface area contributed by atoms with E-state index in [0.29, 0.717) is 0 Å². The third-order valence-electron chi connectivity index (χ3n) is 2.77. The molecule has 0 radical (unpaired) electrons. The Balaban J connectivity index is 2.25. The number of hydrogen-bond acceptors (Lipinski definition) is 1. The number of rotatable bonds is 4. The maximum absolute atomic E-state index is 5.78. The summed E-state index contributed by atoms with van der Waals surface area (Å²) < 4.78 is 5.78. The van der Waals surface area contributed by atoms with E-state index in [1.54, 1.807) is 0 Å². The van der Waals surface area contributed by atoms with Gasteiger partial charge in [-0.15, -0.1) is 0 Å². The fraction of sp³-hybridized carbons (Fsp3) is 1.00. The zero-order chi connectivity index (χ0) is 8.32. The molecule has 1 aliphatic rings. The van der Waals surface area contributed by atoms with Gasteiger partial charge in [-0.05, 0) is 39.0 Å². The molecule has 0 aromatic rings. The van der Waals surface area contributed by atoms with E-state index in [4.69, 9.17) is 4.74 Å². The van der Waals surface area contributed by atoms with E-state index in [2.05, 4.69) is 20.8 Å². The second-order valence-corrected chi connectivity index (χ2v) is 4.08. The van der Waals surface area contributed by atoms with E-state index in [9.17, 15) is 0 Å². The van der Waals surface area contributed by atoms with Crippen LogP contribution in [0.4, 0.5) is 0 Å². The molecule has 0 N–H and O–H groups in total. The summed E-state index contributed by atoms with van der Waals surface area (Å²) in [6.45, 7) is 7.54. The normalized spacial score (nSPS) is 19.9. The van der Waals surface area contributed by atoms with Crippen molar-refractivity contribution in [2.75, 3.05) is 6.61 Å². The molecule has 0 amide bonds. The van der Waals surface area contributed by atoms with Gasteiger partial charge in [0.05, 0.1) is 5.60 Å². The van der Waals surface area contributed by atoms with Crippen LogP contribution in [0, 0.1) is 5.92 Å². The van der Waals surface area contributed by atoms with Crippen molar-refractivity contribution in [2.24, 2.45) is 5.92 Å². The molecular weight excluding hydrogens is 136 g/mol. The average Bonchev–Trinajstić information content (AvgIpc) is 1.78. The first kappa shape index (κ1) is 9.05. The first-order valence-electron chi connectivity index (χ1n) is 4.81. The highest BCUT2D eigenvalue weighted by atomic mass is 16.5. The van der Waals surface area contributed by atoms with Crippen molar-refractivity contribution in [1.82, 2.24) is 0 Å². The highest BCUT2D eigenvalue weighted by Crippen LogP contribution is 2.37. The van der Waals surface area contributed by atoms with Crippen molar-refractivity contribution < 1.29 is 4.74 Å². The Bertz CT molecular complexity index is 114. The molecule has 1 nitrogen and oxygen atoms in total. The van der Waals surface area contributed by atoms with Gasteiger partial charge in [0.15, 0.2) is 0 Å². The smallest absolute Gasteiger partial charge is 0.0654 e. The second kappa shape index (κ2) is 3.57. The number of hydrogen-bond donors (Lipinski definition) is 0. The Morgan fingerprint density at radius 3 is 2.36 bits per heavy atom. The molecule has 0 bridgehead atoms. The molecule has 0 aliphatic heterocycles. The van der Waals surface area contributed by atoms with Gasteiger partial charge in [-0.1, -0.05) is 13.3 Å². The van der Waals surface area contributed by atoms with Gasteiger partial charge in [0, 0.05) is 6.61 Å². The SMILES string of the molecule is CCCOC(C)(C)C1CCC1. The summed E-state index contributed by atoms with van der Waals surface area (Å²) in [5, 5.41) is 0. The largest absolute Gasteiger partial charge is 0.375 e. The summed E-state index contributed by atoms with van der Waals surface area (Å²) in [4.78, 5) is 0. The molecule has 0 unspecified atom stereocenters. The van der Waals surface area contributed by atoms with Crippen molar-refractivity contribution >= 4 is 0 Å². The fourth-order valence-corrected chi connectivity index (χ4v) is 1.59. The molecular formula is C10H20O. The molecule has 0 heterocycles. The van der Waals surface area contributed by atoms with Gasteiger partial charge in [-0.3, -0.25) is 0 Å². The van der Waals surface area contributed by atoms with Gasteiger partial charge >= 0.3 is 0 Å². The van der Waals surface area contributed by atoms with Crippen LogP contribution in [0.15, 0.2) is 0 Å². The Labute approximate surface area is 70.1 Å². The van der Waals surface area contributed by atoms with E-state index in [1.807, 2.05) is 0 Å². The Kier molecular flexibility index (Phi) is 2.94. The van der Waals surface area contributed by atoms with Gasteiger partial charge in [-0.25, -0.2) is 0 Å². The summed E-state index contributed by atoms with van der Waals surface area (Å²) in [5.74, 6) is 0.828. The zero-order valence-corrected chi connectivity index (χ0v) is 8.02. The van der Waals surface area contributed by atoms with Crippen LogP contribution >= 0.6 is 0 Å². The summed E-state index contributed by atoms with van der Waals surface area (Å²) in [6, 6.07) is 0. The standard InChI is InChI=1S/C10H20O/c1-4-8-11-10(2,3)9-6-5-7-9/h9H,4-8H2,1-3H3. The Hall–Kier alpha value is -0.0400. The number of ether oxygens (including phenoxy) is 1. The molecule has 0 atom stereocenters. The summed E-state index contributed by atoms with van der Waals surface area (Å²) in [7, 11) is 0. The topological polar surface area (TPSA) is 9.23 Å². The van der Waals surface area contributed by atoms with Crippen LogP contribution in [0.5, 0.6) is 0 Å². The quantitative estimate of drug-likeness (QED) is 0.608. The lowest BCUT2D eigenvalue weighted by atomic mass is 9.74. The first-order valence-corrected chi connectivity index (χ1v) is 4.81. The molecule has 0 aromatic heterocycles. The van der Waals surface area contributed by atoms with Crippen LogP contribution in [-0.2, 0) is 4.74 Å². The Morgan fingerprint density at radius 1 is 1.36 bits per heavy atom. The zero-order valence-electron chi connectivity index (χ0n) is 8.02. The van der Waals surface area contributed by atoms with Gasteiger partial charge in [0.2, 0.25) is 0 Å². The molecule has 0 saturated heterocycles. The highest BCUT2D eigenvalue weighted by molar-refractivity contribution is 4.85. The molecule has 66 valence electrons. The van der Waals surface area contributed by atoms with Crippen molar-refractivity contribution in [2.45, 2.75) is 52.1 Å². The van der Waals surface area contributed by atoms with Crippen molar-refractivity contribution in [3.8, 4) is 0 Å². The van der Waals surface area contributed by atoms with Crippen molar-refractivity contribution in [3.05, 3.63) is 0 Å². The molecule has 1 saturated carbocycles. The van der Waals surface area contributed by atoms with E-state index < -0.39 is 0 Å². The van der Waals surface area contributed by atoms with E-state index in [0.717, 1.165) is 18.9 Å². The minimum absolute atomic E-state index is 0.147. The molecule has 1 rings (SSSR count). The van der Waals surface area contributed by atoms with Crippen LogP contribution in [0.1, 0.15) is 46.5 Å². The monoisotopic (exact) mass is 156 g/mol. The fourth-order valence-electron chi connectivity index (χ4n) is 1.59. The third-order valence-corrected chi connectivity index (χ3v) is 2.77. The van der Waals surface area contributed by atoms with Crippen LogP contribution in [-0.4, -0.2) is 12.2 Å². The van der Waals surface area contributed by atoms with E-state index in [1.165, 1.54) is 19.3 Å². The van der Waals surface area contributed by atoms with E-state index in [-0.39, 0.29) is 5.60 Å². The predicted octanol–water partition coefficient (Wildman–Crippen LogP) is 2.99. The molecule has 0 aromatic carbocycles. The molecule has 0 spiro atoms. The first-order chi connectivity index (χ1) is 5.17. The second-order valence-electron chi connectivity index (χ2n) is 4.08. The molecule has 1 fully saturated rings. The summed E-state index contributed by atoms with van der Waals surface area (Å²) >= 11 is 0. The van der Waals surface area contributed by atoms with Crippen LogP contribution < -0.4 is 0 Å². The average molecular weight is 156 g/mol. The predicted molar refractivity (Wildman–Crippen MR) is 47.7 cm³/mol. The van der Waals surface area contributed by atoms with Gasteiger partial charge in [-0.2, -0.15) is 0 Å². The Morgan fingerprint density at radius 2 is 2.00 bits per heavy atom. The van der Waals surface area contributed by atoms with Gasteiger partial charge < -0.3 is 4.74 Å². The molecule has 11 heavy (non-hydrogen) atoms. The maximum Gasteiger partial charge on any atom is 0.0654 e. The summed E-state index contributed by atoms with van der Waals surface area (Å²) in [5.41, 5.74) is 0.147. The van der Waals surface area contributed by atoms with Gasteiger partial charge in [0.25, 0.3) is 0 Å². The van der Waals surface area contributed by atoms with Crippen LogP contribution in [0.2, 0.25) is 0 Å². The van der Waals surface area contributed by atoms with Crippen molar-refractivity contribution in [1.29, 1.82) is 0 Å². The van der Waals surface area contributed by atoms with E-state index >= 15 is 0 Å². The third kappa shape index (κ3) is 2.19. The van der Waals surface area contributed by atoms with Crippen LogP contribution in [0.3, 0.4) is 0 Å². The summed E-state index contributed by atoms with van der Waals surface area (Å²) in [6.07, 6.45) is 5.28. The lowest BCUT2D eigenvalue weighted by Gasteiger charge is -2.40. The molecule has 1 aliphatic carbocycles.